The minimum absolute atomic E-state index is 0.348. The molecule has 2 aliphatic rings. The molecule has 0 atom stereocenters. The van der Waals surface area contributed by atoms with Crippen molar-refractivity contribution in [1.29, 1.82) is 0 Å². The van der Waals surface area contributed by atoms with Gasteiger partial charge in [0, 0.05) is 30.5 Å². The summed E-state index contributed by atoms with van der Waals surface area (Å²) in [5.74, 6) is 1.39. The van der Waals surface area contributed by atoms with Crippen LogP contribution in [-0.2, 0) is 11.3 Å². The predicted octanol–water partition coefficient (Wildman–Crippen LogP) is 3.53. The molecule has 120 valence electrons. The van der Waals surface area contributed by atoms with E-state index < -0.39 is 0 Å². The summed E-state index contributed by atoms with van der Waals surface area (Å²) in [4.78, 5) is 16.5. The lowest BCUT2D eigenvalue weighted by molar-refractivity contribution is -0.132. The summed E-state index contributed by atoms with van der Waals surface area (Å²) in [7, 11) is 1.98. The zero-order valence-corrected chi connectivity index (χ0v) is 14.9. The minimum atomic E-state index is 0.348. The maximum absolute atomic E-state index is 12.0. The lowest BCUT2D eigenvalue weighted by Crippen LogP contribution is -2.39. The van der Waals surface area contributed by atoms with Crippen molar-refractivity contribution < 1.29 is 4.79 Å². The first-order valence-electron chi connectivity index (χ1n) is 8.34. The quantitative estimate of drug-likeness (QED) is 0.797. The van der Waals surface area contributed by atoms with Gasteiger partial charge < -0.3 is 4.90 Å². The number of halogens is 1. The highest BCUT2D eigenvalue weighted by atomic mass is 79.9. The van der Waals surface area contributed by atoms with Gasteiger partial charge in [0.15, 0.2) is 0 Å². The van der Waals surface area contributed by atoms with E-state index >= 15 is 0 Å². The Morgan fingerprint density at radius 1 is 1.23 bits per heavy atom. The van der Waals surface area contributed by atoms with Crippen LogP contribution in [0.5, 0.6) is 0 Å². The Morgan fingerprint density at radius 3 is 2.55 bits per heavy atom. The van der Waals surface area contributed by atoms with Crippen molar-refractivity contribution in [3.8, 4) is 0 Å². The normalized spacial score (nSPS) is 20.1. The van der Waals surface area contributed by atoms with Crippen LogP contribution >= 0.6 is 15.9 Å². The topological polar surface area (TPSA) is 23.6 Å². The predicted molar refractivity (Wildman–Crippen MR) is 92.5 cm³/mol. The van der Waals surface area contributed by atoms with Crippen LogP contribution in [0.4, 0.5) is 0 Å². The Morgan fingerprint density at radius 2 is 1.91 bits per heavy atom. The van der Waals surface area contributed by atoms with Crippen LogP contribution < -0.4 is 0 Å². The molecular weight excluding hydrogens is 340 g/mol. The van der Waals surface area contributed by atoms with Gasteiger partial charge in [-0.25, -0.2) is 0 Å². The maximum Gasteiger partial charge on any atom is 0.225 e. The van der Waals surface area contributed by atoms with Crippen molar-refractivity contribution >= 4 is 21.8 Å². The third-order valence-electron chi connectivity index (χ3n) is 4.89. The number of nitrogens with zero attached hydrogens (tertiary/aromatic N) is 2. The third-order valence-corrected chi connectivity index (χ3v) is 5.67. The van der Waals surface area contributed by atoms with Gasteiger partial charge in [0.05, 0.1) is 0 Å². The van der Waals surface area contributed by atoms with Gasteiger partial charge in [-0.2, -0.15) is 0 Å². The summed E-state index contributed by atoms with van der Waals surface area (Å²) in [5.41, 5.74) is 1.36. The van der Waals surface area contributed by atoms with Crippen molar-refractivity contribution in [2.75, 3.05) is 26.7 Å². The molecule has 1 saturated heterocycles. The van der Waals surface area contributed by atoms with E-state index in [0.29, 0.717) is 17.7 Å². The van der Waals surface area contributed by atoms with E-state index in [2.05, 4.69) is 45.1 Å². The first-order chi connectivity index (χ1) is 10.6. The summed E-state index contributed by atoms with van der Waals surface area (Å²) in [6, 6.07) is 8.47. The Hall–Kier alpha value is -0.870. The monoisotopic (exact) mass is 364 g/mol. The molecule has 3 nitrogen and oxygen atoms in total. The number of rotatable bonds is 5. The highest BCUT2D eigenvalue weighted by Crippen LogP contribution is 2.31. The molecule has 0 radical (unpaired) electrons. The number of benzene rings is 1. The SMILES string of the molecule is CN(CC1CCN(Cc2ccccc2Br)CC1)C(=O)C1CC1. The summed E-state index contributed by atoms with van der Waals surface area (Å²) in [6.45, 7) is 4.23. The van der Waals surface area contributed by atoms with Crippen LogP contribution in [-0.4, -0.2) is 42.4 Å². The van der Waals surface area contributed by atoms with Gasteiger partial charge in [-0.05, 0) is 56.3 Å². The van der Waals surface area contributed by atoms with Crippen molar-refractivity contribution in [2.24, 2.45) is 11.8 Å². The van der Waals surface area contributed by atoms with Crippen molar-refractivity contribution in [3.05, 3.63) is 34.3 Å². The molecule has 1 saturated carbocycles. The van der Waals surface area contributed by atoms with Crippen LogP contribution in [0.3, 0.4) is 0 Å². The van der Waals surface area contributed by atoms with Gasteiger partial charge in [0.2, 0.25) is 5.91 Å². The van der Waals surface area contributed by atoms with Gasteiger partial charge in [0.1, 0.15) is 0 Å². The van der Waals surface area contributed by atoms with Gasteiger partial charge in [-0.1, -0.05) is 34.1 Å². The number of piperidine rings is 1. The molecule has 22 heavy (non-hydrogen) atoms. The standard InChI is InChI=1S/C18H25BrN2O/c1-20(18(22)15-6-7-15)12-14-8-10-21(11-9-14)13-16-4-2-3-5-17(16)19/h2-5,14-15H,6-13H2,1H3. The molecule has 1 aliphatic carbocycles. The molecule has 0 bridgehead atoms. The van der Waals surface area contributed by atoms with Gasteiger partial charge in [-0.15, -0.1) is 0 Å². The van der Waals surface area contributed by atoms with Crippen LogP contribution in [0.15, 0.2) is 28.7 Å². The second-order valence-electron chi connectivity index (χ2n) is 6.80. The number of hydrogen-bond donors (Lipinski definition) is 0. The van der Waals surface area contributed by atoms with Crippen molar-refractivity contribution in [3.63, 3.8) is 0 Å². The Balaban J connectivity index is 1.44. The second kappa shape index (κ2) is 7.14. The zero-order valence-electron chi connectivity index (χ0n) is 13.3. The highest BCUT2D eigenvalue weighted by molar-refractivity contribution is 9.10. The van der Waals surface area contributed by atoms with E-state index in [1.807, 2.05) is 11.9 Å². The van der Waals surface area contributed by atoms with E-state index in [4.69, 9.17) is 0 Å². The fourth-order valence-electron chi connectivity index (χ4n) is 3.31. The van der Waals surface area contributed by atoms with E-state index in [1.54, 1.807) is 0 Å². The first-order valence-corrected chi connectivity index (χ1v) is 9.13. The number of hydrogen-bond acceptors (Lipinski definition) is 2. The van der Waals surface area contributed by atoms with Crippen LogP contribution in [0.2, 0.25) is 0 Å². The lowest BCUT2D eigenvalue weighted by atomic mass is 9.96. The summed E-state index contributed by atoms with van der Waals surface area (Å²) in [6.07, 6.45) is 4.61. The largest absolute Gasteiger partial charge is 0.345 e. The van der Waals surface area contributed by atoms with E-state index in [1.165, 1.54) is 22.9 Å². The molecule has 0 N–H and O–H groups in total. The number of amides is 1. The van der Waals surface area contributed by atoms with Gasteiger partial charge in [-0.3, -0.25) is 9.69 Å². The van der Waals surface area contributed by atoms with Crippen LogP contribution in [0.25, 0.3) is 0 Å². The number of carbonyl (C=O) groups excluding carboxylic acids is 1. The Bertz CT molecular complexity index is 522. The molecule has 1 aliphatic heterocycles. The fraction of sp³-hybridized carbons (Fsp3) is 0.611. The molecule has 2 fully saturated rings. The van der Waals surface area contributed by atoms with E-state index in [0.717, 1.165) is 39.0 Å². The average Bonchev–Trinajstić information content (AvgIpc) is 3.35. The van der Waals surface area contributed by atoms with Gasteiger partial charge in [0.25, 0.3) is 0 Å². The van der Waals surface area contributed by atoms with Crippen molar-refractivity contribution in [1.82, 2.24) is 9.80 Å². The molecule has 1 heterocycles. The molecule has 3 rings (SSSR count). The molecule has 1 aromatic carbocycles. The minimum Gasteiger partial charge on any atom is -0.345 e. The Labute approximate surface area is 141 Å². The van der Waals surface area contributed by atoms with Gasteiger partial charge >= 0.3 is 0 Å². The van der Waals surface area contributed by atoms with Crippen LogP contribution in [0.1, 0.15) is 31.2 Å². The fourth-order valence-corrected chi connectivity index (χ4v) is 3.72. The smallest absolute Gasteiger partial charge is 0.225 e. The summed E-state index contributed by atoms with van der Waals surface area (Å²) >= 11 is 3.63. The molecule has 4 heteroatoms. The molecule has 0 aromatic heterocycles. The second-order valence-corrected chi connectivity index (χ2v) is 7.66. The molecule has 1 aromatic rings. The summed E-state index contributed by atoms with van der Waals surface area (Å²) in [5, 5.41) is 0. The molecule has 0 unspecified atom stereocenters. The molecule has 0 spiro atoms. The number of carbonyl (C=O) groups is 1. The molecular formula is C18H25BrN2O. The third kappa shape index (κ3) is 4.11. The van der Waals surface area contributed by atoms with Crippen LogP contribution in [0, 0.1) is 11.8 Å². The molecule has 1 amide bonds. The van der Waals surface area contributed by atoms with Crippen molar-refractivity contribution in [2.45, 2.75) is 32.2 Å². The summed E-state index contributed by atoms with van der Waals surface area (Å²) < 4.78 is 1.20. The maximum atomic E-state index is 12.0. The van der Waals surface area contributed by atoms with E-state index in [9.17, 15) is 4.79 Å². The van der Waals surface area contributed by atoms with E-state index in [-0.39, 0.29) is 0 Å². The highest BCUT2D eigenvalue weighted by Gasteiger charge is 2.33. The Kier molecular flexibility index (Phi) is 5.19. The average molecular weight is 365 g/mol. The first kappa shape index (κ1) is 16.0. The zero-order chi connectivity index (χ0) is 15.5. The lowest BCUT2D eigenvalue weighted by Gasteiger charge is -2.34. The number of likely N-dealkylation sites (tertiary alicyclic amines) is 1.